The van der Waals surface area contributed by atoms with Crippen molar-refractivity contribution in [1.82, 2.24) is 9.80 Å². The second-order valence-corrected chi connectivity index (χ2v) is 8.79. The molecule has 3 aliphatic rings. The number of piperidine rings is 1. The average Bonchev–Trinajstić information content (AvgIpc) is 3.03. The summed E-state index contributed by atoms with van der Waals surface area (Å²) >= 11 is 0. The molecule has 1 aromatic carbocycles. The van der Waals surface area contributed by atoms with Gasteiger partial charge in [-0.2, -0.15) is 0 Å². The number of cyclic esters (lactones) is 1. The van der Waals surface area contributed by atoms with E-state index in [-0.39, 0.29) is 23.4 Å². The Bertz CT molecular complexity index is 719. The van der Waals surface area contributed by atoms with E-state index in [1.54, 1.807) is 0 Å². The van der Waals surface area contributed by atoms with E-state index in [0.29, 0.717) is 19.5 Å². The largest absolute Gasteiger partial charge is 0.461 e. The predicted octanol–water partition coefficient (Wildman–Crippen LogP) is 2.18. The summed E-state index contributed by atoms with van der Waals surface area (Å²) in [6.07, 6.45) is 3.51. The monoisotopic (exact) mass is 400 g/mol. The smallest absolute Gasteiger partial charge is 0.312 e. The van der Waals surface area contributed by atoms with Crippen LogP contribution < -0.4 is 0 Å². The van der Waals surface area contributed by atoms with E-state index in [2.05, 4.69) is 36.1 Å². The molecule has 0 aromatic heterocycles. The lowest BCUT2D eigenvalue weighted by Crippen LogP contribution is -2.45. The van der Waals surface area contributed by atoms with Gasteiger partial charge < -0.3 is 14.4 Å². The second-order valence-electron chi connectivity index (χ2n) is 8.79. The lowest BCUT2D eigenvalue weighted by atomic mass is 9.76. The van der Waals surface area contributed by atoms with Crippen LogP contribution in [-0.4, -0.2) is 73.7 Å². The molecular formula is C23H32N2O4. The SMILES string of the molecule is Cc1ccc(CCC(=O)N2CCC3(CC2)CC(CN2CCOCC2)OC3=O)cc1. The van der Waals surface area contributed by atoms with E-state index >= 15 is 0 Å². The first-order valence-corrected chi connectivity index (χ1v) is 10.9. The van der Waals surface area contributed by atoms with E-state index in [1.165, 1.54) is 11.1 Å². The number of hydrogen-bond acceptors (Lipinski definition) is 5. The highest BCUT2D eigenvalue weighted by molar-refractivity contribution is 5.81. The zero-order valence-electron chi connectivity index (χ0n) is 17.4. The Kier molecular flexibility index (Phi) is 6.20. The normalized spacial score (nSPS) is 24.7. The number of esters is 1. The van der Waals surface area contributed by atoms with Gasteiger partial charge in [-0.15, -0.1) is 0 Å². The highest BCUT2D eigenvalue weighted by Crippen LogP contribution is 2.43. The Balaban J connectivity index is 1.25. The highest BCUT2D eigenvalue weighted by Gasteiger charge is 2.51. The molecule has 1 amide bonds. The van der Waals surface area contributed by atoms with Gasteiger partial charge in [0, 0.05) is 45.6 Å². The maximum absolute atomic E-state index is 12.6. The van der Waals surface area contributed by atoms with Crippen molar-refractivity contribution in [3.8, 4) is 0 Å². The predicted molar refractivity (Wildman–Crippen MR) is 110 cm³/mol. The van der Waals surface area contributed by atoms with Crippen molar-refractivity contribution >= 4 is 11.9 Å². The van der Waals surface area contributed by atoms with Gasteiger partial charge in [0.05, 0.1) is 18.6 Å². The van der Waals surface area contributed by atoms with E-state index in [4.69, 9.17) is 9.47 Å². The summed E-state index contributed by atoms with van der Waals surface area (Å²) < 4.78 is 11.1. The Hall–Kier alpha value is -1.92. The van der Waals surface area contributed by atoms with Gasteiger partial charge in [-0.1, -0.05) is 29.8 Å². The summed E-state index contributed by atoms with van der Waals surface area (Å²) in [4.78, 5) is 29.5. The molecule has 3 heterocycles. The number of likely N-dealkylation sites (tertiary alicyclic amines) is 1. The molecule has 6 nitrogen and oxygen atoms in total. The van der Waals surface area contributed by atoms with Gasteiger partial charge in [0.1, 0.15) is 6.10 Å². The Morgan fingerprint density at radius 1 is 1.10 bits per heavy atom. The van der Waals surface area contributed by atoms with Gasteiger partial charge in [0.2, 0.25) is 5.91 Å². The summed E-state index contributed by atoms with van der Waals surface area (Å²) in [6, 6.07) is 8.36. The lowest BCUT2D eigenvalue weighted by Gasteiger charge is -2.36. The summed E-state index contributed by atoms with van der Waals surface area (Å²) in [5.41, 5.74) is 2.05. The van der Waals surface area contributed by atoms with Crippen molar-refractivity contribution < 1.29 is 19.1 Å². The molecule has 158 valence electrons. The van der Waals surface area contributed by atoms with E-state index in [0.717, 1.165) is 58.5 Å². The highest BCUT2D eigenvalue weighted by atomic mass is 16.6. The van der Waals surface area contributed by atoms with Crippen molar-refractivity contribution in [2.24, 2.45) is 5.41 Å². The van der Waals surface area contributed by atoms with Gasteiger partial charge in [-0.3, -0.25) is 14.5 Å². The van der Waals surface area contributed by atoms with Crippen LogP contribution in [0.5, 0.6) is 0 Å². The maximum atomic E-state index is 12.6. The molecule has 0 bridgehead atoms. The number of amides is 1. The molecule has 1 atom stereocenters. The van der Waals surface area contributed by atoms with Gasteiger partial charge in [-0.05, 0) is 31.7 Å². The van der Waals surface area contributed by atoms with Crippen molar-refractivity contribution in [1.29, 1.82) is 0 Å². The van der Waals surface area contributed by atoms with E-state index in [9.17, 15) is 9.59 Å². The summed E-state index contributed by atoms with van der Waals surface area (Å²) in [7, 11) is 0. The zero-order chi connectivity index (χ0) is 20.3. The molecule has 4 rings (SSSR count). The van der Waals surface area contributed by atoms with Crippen molar-refractivity contribution in [2.45, 2.75) is 45.1 Å². The minimum atomic E-state index is -0.384. The lowest BCUT2D eigenvalue weighted by molar-refractivity contribution is -0.153. The molecule has 0 aliphatic carbocycles. The van der Waals surface area contributed by atoms with Crippen LogP contribution in [-0.2, 0) is 25.5 Å². The third kappa shape index (κ3) is 4.81. The zero-order valence-corrected chi connectivity index (χ0v) is 17.4. The fourth-order valence-electron chi connectivity index (χ4n) is 4.77. The Morgan fingerprint density at radius 2 is 1.79 bits per heavy atom. The number of morpholine rings is 1. The number of rotatable bonds is 5. The third-order valence-electron chi connectivity index (χ3n) is 6.71. The maximum Gasteiger partial charge on any atom is 0.312 e. The standard InChI is InChI=1S/C23H32N2O4/c1-18-2-4-19(5-3-18)6-7-21(26)25-10-8-23(9-11-25)16-20(29-22(23)27)17-24-12-14-28-15-13-24/h2-5,20H,6-17H2,1H3. The molecular weight excluding hydrogens is 368 g/mol. The van der Waals surface area contributed by atoms with Crippen molar-refractivity contribution in [3.63, 3.8) is 0 Å². The second kappa shape index (κ2) is 8.84. The van der Waals surface area contributed by atoms with Crippen LogP contribution in [0.2, 0.25) is 0 Å². The first kappa shape index (κ1) is 20.4. The van der Waals surface area contributed by atoms with Crippen LogP contribution in [0.25, 0.3) is 0 Å². The molecule has 1 aromatic rings. The van der Waals surface area contributed by atoms with Crippen LogP contribution in [0.15, 0.2) is 24.3 Å². The van der Waals surface area contributed by atoms with Gasteiger partial charge >= 0.3 is 5.97 Å². The van der Waals surface area contributed by atoms with E-state index in [1.807, 2.05) is 4.90 Å². The fraction of sp³-hybridized carbons (Fsp3) is 0.652. The fourth-order valence-corrected chi connectivity index (χ4v) is 4.77. The van der Waals surface area contributed by atoms with Gasteiger partial charge in [-0.25, -0.2) is 0 Å². The number of nitrogens with zero attached hydrogens (tertiary/aromatic N) is 2. The van der Waals surface area contributed by atoms with Crippen molar-refractivity contribution in [2.75, 3.05) is 45.9 Å². The Morgan fingerprint density at radius 3 is 2.48 bits per heavy atom. The molecule has 1 unspecified atom stereocenters. The van der Waals surface area contributed by atoms with Gasteiger partial charge in [0.25, 0.3) is 0 Å². The quantitative estimate of drug-likeness (QED) is 0.709. The molecule has 0 saturated carbocycles. The number of ether oxygens (including phenoxy) is 2. The molecule has 1 spiro atoms. The number of benzene rings is 1. The van der Waals surface area contributed by atoms with Crippen LogP contribution >= 0.6 is 0 Å². The number of carbonyl (C=O) groups is 2. The van der Waals surface area contributed by atoms with E-state index < -0.39 is 0 Å². The molecule has 3 saturated heterocycles. The minimum Gasteiger partial charge on any atom is -0.461 e. The Labute approximate surface area is 173 Å². The topological polar surface area (TPSA) is 59.1 Å². The first-order chi connectivity index (χ1) is 14.0. The minimum absolute atomic E-state index is 0.0237. The summed E-state index contributed by atoms with van der Waals surface area (Å²) in [5.74, 6) is 0.138. The first-order valence-electron chi connectivity index (χ1n) is 10.9. The number of carbonyl (C=O) groups excluding carboxylic acids is 2. The molecule has 3 fully saturated rings. The number of aryl methyl sites for hydroxylation is 2. The number of hydrogen-bond donors (Lipinski definition) is 0. The molecule has 0 radical (unpaired) electrons. The third-order valence-corrected chi connectivity index (χ3v) is 6.71. The van der Waals surface area contributed by atoms with Crippen LogP contribution in [0, 0.1) is 12.3 Å². The van der Waals surface area contributed by atoms with Crippen LogP contribution in [0.1, 0.15) is 36.8 Å². The molecule has 29 heavy (non-hydrogen) atoms. The van der Waals surface area contributed by atoms with Crippen molar-refractivity contribution in [3.05, 3.63) is 35.4 Å². The van der Waals surface area contributed by atoms with Crippen LogP contribution in [0.3, 0.4) is 0 Å². The van der Waals surface area contributed by atoms with Crippen LogP contribution in [0.4, 0.5) is 0 Å². The summed E-state index contributed by atoms with van der Waals surface area (Å²) in [5, 5.41) is 0. The average molecular weight is 401 g/mol. The molecule has 6 heteroatoms. The molecule has 3 aliphatic heterocycles. The molecule has 0 N–H and O–H groups in total. The van der Waals surface area contributed by atoms with Gasteiger partial charge in [0.15, 0.2) is 0 Å². The summed E-state index contributed by atoms with van der Waals surface area (Å²) in [6.45, 7) is 7.51.